The van der Waals surface area contributed by atoms with Crippen LogP contribution in [0.25, 0.3) is 0 Å². The van der Waals surface area contributed by atoms with Crippen molar-refractivity contribution in [3.8, 4) is 0 Å². The van der Waals surface area contributed by atoms with Gasteiger partial charge in [-0.1, -0.05) is 44.2 Å². The summed E-state index contributed by atoms with van der Waals surface area (Å²) in [5.74, 6) is 0.908. The number of hydrogen-bond donors (Lipinski definition) is 0. The summed E-state index contributed by atoms with van der Waals surface area (Å²) in [4.78, 5) is 12.0. The molecule has 16 heavy (non-hydrogen) atoms. The third-order valence-electron chi connectivity index (χ3n) is 2.32. The molecule has 0 amide bonds. The van der Waals surface area contributed by atoms with Gasteiger partial charge in [-0.3, -0.25) is 9.00 Å². The standard InChI is InChI=1S/C13H18O2S/c1-10(2)9-16(15)11(3)13(14)12-7-5-4-6-8-12/h4-8,10-11H,9H2,1-3H3. The van der Waals surface area contributed by atoms with Crippen molar-refractivity contribution < 1.29 is 9.00 Å². The van der Waals surface area contributed by atoms with Crippen LogP contribution in [-0.4, -0.2) is 21.0 Å². The molecule has 0 aromatic heterocycles. The molecule has 0 N–H and O–H groups in total. The van der Waals surface area contributed by atoms with Crippen molar-refractivity contribution in [3.05, 3.63) is 35.9 Å². The van der Waals surface area contributed by atoms with E-state index in [1.165, 1.54) is 0 Å². The van der Waals surface area contributed by atoms with Gasteiger partial charge in [0.2, 0.25) is 0 Å². The highest BCUT2D eigenvalue weighted by molar-refractivity contribution is 7.86. The van der Waals surface area contributed by atoms with Gasteiger partial charge in [-0.25, -0.2) is 0 Å². The van der Waals surface area contributed by atoms with E-state index in [1.54, 1.807) is 19.1 Å². The molecule has 0 saturated heterocycles. The number of hydrogen-bond acceptors (Lipinski definition) is 2. The predicted molar refractivity (Wildman–Crippen MR) is 68.1 cm³/mol. The van der Waals surface area contributed by atoms with E-state index < -0.39 is 16.0 Å². The Balaban J connectivity index is 2.72. The molecule has 0 aliphatic carbocycles. The van der Waals surface area contributed by atoms with Crippen molar-refractivity contribution in [1.82, 2.24) is 0 Å². The summed E-state index contributed by atoms with van der Waals surface area (Å²) in [6, 6.07) is 9.06. The number of Topliss-reactive ketones (excluding diaryl/α,β-unsaturated/α-hetero) is 1. The minimum Gasteiger partial charge on any atom is -0.293 e. The van der Waals surface area contributed by atoms with E-state index >= 15 is 0 Å². The Morgan fingerprint density at radius 1 is 1.19 bits per heavy atom. The summed E-state index contributed by atoms with van der Waals surface area (Å²) in [7, 11) is -1.08. The smallest absolute Gasteiger partial charge is 0.178 e. The van der Waals surface area contributed by atoms with Crippen LogP contribution in [0.1, 0.15) is 31.1 Å². The van der Waals surface area contributed by atoms with Gasteiger partial charge in [0.1, 0.15) is 0 Å². The summed E-state index contributed by atoms with van der Waals surface area (Å²) >= 11 is 0. The molecule has 88 valence electrons. The van der Waals surface area contributed by atoms with E-state index in [0.717, 1.165) is 0 Å². The average Bonchev–Trinajstić information content (AvgIpc) is 2.27. The topological polar surface area (TPSA) is 34.1 Å². The Morgan fingerprint density at radius 3 is 2.25 bits per heavy atom. The fourth-order valence-corrected chi connectivity index (χ4v) is 2.75. The van der Waals surface area contributed by atoms with Gasteiger partial charge in [0.05, 0.1) is 5.25 Å². The normalized spacial score (nSPS) is 14.8. The fraction of sp³-hybridized carbons (Fsp3) is 0.462. The van der Waals surface area contributed by atoms with E-state index in [4.69, 9.17) is 0 Å². The highest BCUT2D eigenvalue weighted by Gasteiger charge is 2.21. The number of carbonyl (C=O) groups excluding carboxylic acids is 1. The molecule has 0 aliphatic rings. The van der Waals surface area contributed by atoms with Crippen molar-refractivity contribution >= 4 is 16.6 Å². The Hall–Kier alpha value is -0.960. The van der Waals surface area contributed by atoms with E-state index in [1.807, 2.05) is 32.0 Å². The lowest BCUT2D eigenvalue weighted by Gasteiger charge is -2.12. The second kappa shape index (κ2) is 5.94. The Kier molecular flexibility index (Phi) is 4.87. The number of benzene rings is 1. The van der Waals surface area contributed by atoms with Gasteiger partial charge in [0.15, 0.2) is 5.78 Å². The molecule has 0 saturated carbocycles. The van der Waals surface area contributed by atoms with Gasteiger partial charge >= 0.3 is 0 Å². The largest absolute Gasteiger partial charge is 0.293 e. The molecule has 1 aromatic carbocycles. The average molecular weight is 238 g/mol. The van der Waals surface area contributed by atoms with Crippen LogP contribution in [0.4, 0.5) is 0 Å². The first-order valence-corrected chi connectivity index (χ1v) is 6.87. The number of rotatable bonds is 5. The zero-order valence-corrected chi connectivity index (χ0v) is 10.8. The zero-order valence-electron chi connectivity index (χ0n) is 9.97. The molecule has 1 aromatic rings. The molecule has 2 nitrogen and oxygen atoms in total. The van der Waals surface area contributed by atoms with Crippen LogP contribution in [0.2, 0.25) is 0 Å². The molecule has 2 atom stereocenters. The third kappa shape index (κ3) is 3.56. The second-order valence-corrected chi connectivity index (χ2v) is 6.12. The van der Waals surface area contributed by atoms with E-state index in [0.29, 0.717) is 17.2 Å². The van der Waals surface area contributed by atoms with Crippen LogP contribution >= 0.6 is 0 Å². The molecule has 0 heterocycles. The van der Waals surface area contributed by atoms with Crippen LogP contribution < -0.4 is 0 Å². The number of ketones is 1. The molecule has 3 heteroatoms. The second-order valence-electron chi connectivity index (χ2n) is 4.31. The Bertz CT molecular complexity index is 371. The van der Waals surface area contributed by atoms with Crippen molar-refractivity contribution in [1.29, 1.82) is 0 Å². The lowest BCUT2D eigenvalue weighted by Crippen LogP contribution is -2.26. The monoisotopic (exact) mass is 238 g/mol. The SMILES string of the molecule is CC(C)CS(=O)C(C)C(=O)c1ccccc1. The van der Waals surface area contributed by atoms with E-state index in [2.05, 4.69) is 0 Å². The highest BCUT2D eigenvalue weighted by Crippen LogP contribution is 2.10. The van der Waals surface area contributed by atoms with Crippen molar-refractivity contribution in [3.63, 3.8) is 0 Å². The molecule has 0 fully saturated rings. The van der Waals surface area contributed by atoms with Crippen LogP contribution in [0.3, 0.4) is 0 Å². The molecule has 0 spiro atoms. The molecular weight excluding hydrogens is 220 g/mol. The van der Waals surface area contributed by atoms with Gasteiger partial charge in [-0.05, 0) is 12.8 Å². The lowest BCUT2D eigenvalue weighted by atomic mass is 10.1. The molecule has 0 bridgehead atoms. The fourth-order valence-electron chi connectivity index (χ4n) is 1.43. The first-order chi connectivity index (χ1) is 7.52. The molecular formula is C13H18O2S. The molecule has 2 unspecified atom stereocenters. The Labute approximate surface area is 99.5 Å². The molecule has 0 aliphatic heterocycles. The molecule has 1 rings (SSSR count). The van der Waals surface area contributed by atoms with Crippen molar-refractivity contribution in [2.24, 2.45) is 5.92 Å². The third-order valence-corrected chi connectivity index (χ3v) is 4.32. The number of carbonyl (C=O) groups is 1. The summed E-state index contributed by atoms with van der Waals surface area (Å²) in [6.45, 7) is 5.77. The van der Waals surface area contributed by atoms with Gasteiger partial charge in [-0.15, -0.1) is 0 Å². The van der Waals surface area contributed by atoms with Crippen LogP contribution in [0.15, 0.2) is 30.3 Å². The summed E-state index contributed by atoms with van der Waals surface area (Å²) in [5.41, 5.74) is 0.645. The quantitative estimate of drug-likeness (QED) is 0.739. The van der Waals surface area contributed by atoms with E-state index in [9.17, 15) is 9.00 Å². The van der Waals surface area contributed by atoms with Gasteiger partial charge < -0.3 is 0 Å². The minimum atomic E-state index is -1.08. The Morgan fingerprint density at radius 2 is 1.75 bits per heavy atom. The first-order valence-electron chi connectivity index (χ1n) is 5.48. The van der Waals surface area contributed by atoms with E-state index in [-0.39, 0.29) is 5.78 Å². The zero-order chi connectivity index (χ0) is 12.1. The summed E-state index contributed by atoms with van der Waals surface area (Å²) in [5, 5.41) is -0.412. The van der Waals surface area contributed by atoms with Crippen LogP contribution in [-0.2, 0) is 10.8 Å². The maximum absolute atomic E-state index is 12.0. The molecule has 0 radical (unpaired) electrons. The predicted octanol–water partition coefficient (Wildman–Crippen LogP) is 2.66. The van der Waals surface area contributed by atoms with Crippen molar-refractivity contribution in [2.45, 2.75) is 26.0 Å². The summed E-state index contributed by atoms with van der Waals surface area (Å²) in [6.07, 6.45) is 0. The highest BCUT2D eigenvalue weighted by atomic mass is 32.2. The van der Waals surface area contributed by atoms with Crippen LogP contribution in [0.5, 0.6) is 0 Å². The van der Waals surface area contributed by atoms with Gasteiger partial charge in [0, 0.05) is 22.1 Å². The van der Waals surface area contributed by atoms with Crippen LogP contribution in [0, 0.1) is 5.92 Å². The van der Waals surface area contributed by atoms with Gasteiger partial charge in [0.25, 0.3) is 0 Å². The van der Waals surface area contributed by atoms with Crippen molar-refractivity contribution in [2.75, 3.05) is 5.75 Å². The minimum absolute atomic E-state index is 0.0282. The first kappa shape index (κ1) is 13.1. The maximum Gasteiger partial charge on any atom is 0.178 e. The lowest BCUT2D eigenvalue weighted by molar-refractivity contribution is 0.0992. The maximum atomic E-state index is 12.0. The van der Waals surface area contributed by atoms with Gasteiger partial charge in [-0.2, -0.15) is 0 Å². The summed E-state index contributed by atoms with van der Waals surface area (Å²) < 4.78 is 11.9.